The summed E-state index contributed by atoms with van der Waals surface area (Å²) in [4.78, 5) is 1.06. The first-order valence-electron chi connectivity index (χ1n) is 6.30. The van der Waals surface area contributed by atoms with Gasteiger partial charge >= 0.3 is 0 Å². The maximum Gasteiger partial charge on any atom is 0.154 e. The van der Waals surface area contributed by atoms with Gasteiger partial charge in [0.25, 0.3) is 0 Å². The van der Waals surface area contributed by atoms with Gasteiger partial charge in [-0.1, -0.05) is 6.92 Å². The highest BCUT2D eigenvalue weighted by atomic mass is 79.9. The molecule has 0 aliphatic heterocycles. The van der Waals surface area contributed by atoms with E-state index in [1.54, 1.807) is 25.2 Å². The summed E-state index contributed by atoms with van der Waals surface area (Å²) in [7, 11) is -3.15. The van der Waals surface area contributed by atoms with Gasteiger partial charge in [-0.15, -0.1) is 11.3 Å². The Morgan fingerprint density at radius 3 is 2.42 bits per heavy atom. The molecule has 0 aliphatic rings. The van der Waals surface area contributed by atoms with Crippen LogP contribution in [0, 0.1) is 6.92 Å². The number of halogens is 1. The lowest BCUT2D eigenvalue weighted by atomic mass is 10.0. The van der Waals surface area contributed by atoms with E-state index in [9.17, 15) is 8.42 Å². The molecule has 0 fully saturated rings. The SMILES string of the molecule is CCCNC(c1cc(C)c(Br)s1)C(C)(C)S(C)(=O)=O. The second-order valence-corrected chi connectivity index (χ2v) is 10.4. The molecule has 0 saturated heterocycles. The summed E-state index contributed by atoms with van der Waals surface area (Å²) < 4.78 is 24.4. The topological polar surface area (TPSA) is 46.2 Å². The van der Waals surface area contributed by atoms with Crippen molar-refractivity contribution in [3.05, 3.63) is 20.3 Å². The first-order chi connectivity index (χ1) is 8.61. The Kier molecular flexibility index (Phi) is 5.63. The van der Waals surface area contributed by atoms with Crippen molar-refractivity contribution in [1.82, 2.24) is 5.32 Å². The fourth-order valence-electron chi connectivity index (χ4n) is 1.82. The molecule has 0 aromatic carbocycles. The highest BCUT2D eigenvalue weighted by molar-refractivity contribution is 9.11. The number of sulfone groups is 1. The molecule has 1 aromatic rings. The molecular formula is C13H22BrNO2S2. The second kappa shape index (κ2) is 6.24. The van der Waals surface area contributed by atoms with Crippen LogP contribution in [0.15, 0.2) is 9.85 Å². The molecule has 110 valence electrons. The molecule has 0 saturated carbocycles. The van der Waals surface area contributed by atoms with Crippen molar-refractivity contribution in [2.24, 2.45) is 0 Å². The normalized spacial score (nSPS) is 14.6. The van der Waals surface area contributed by atoms with Crippen molar-refractivity contribution in [3.8, 4) is 0 Å². The van der Waals surface area contributed by atoms with Gasteiger partial charge in [0.05, 0.1) is 14.6 Å². The number of aryl methyl sites for hydroxylation is 1. The zero-order valence-corrected chi connectivity index (χ0v) is 15.3. The number of thiophene rings is 1. The Balaban J connectivity index is 3.22. The summed E-state index contributed by atoms with van der Waals surface area (Å²) in [6.07, 6.45) is 2.28. The Morgan fingerprint density at radius 1 is 1.47 bits per heavy atom. The molecule has 0 aliphatic carbocycles. The molecule has 1 atom stereocenters. The van der Waals surface area contributed by atoms with Crippen LogP contribution in [0.4, 0.5) is 0 Å². The Bertz CT molecular complexity index is 515. The van der Waals surface area contributed by atoms with E-state index >= 15 is 0 Å². The number of nitrogens with one attached hydrogen (secondary N) is 1. The lowest BCUT2D eigenvalue weighted by molar-refractivity contribution is 0.425. The third-order valence-corrected chi connectivity index (χ3v) is 7.76. The second-order valence-electron chi connectivity index (χ2n) is 5.37. The zero-order chi connectivity index (χ0) is 14.8. The lowest BCUT2D eigenvalue weighted by Gasteiger charge is -2.32. The Labute approximate surface area is 128 Å². The van der Waals surface area contributed by atoms with Gasteiger partial charge in [0.1, 0.15) is 0 Å². The highest BCUT2D eigenvalue weighted by Crippen LogP contribution is 2.39. The van der Waals surface area contributed by atoms with E-state index in [1.807, 2.05) is 6.92 Å². The molecule has 1 unspecified atom stereocenters. The average Bonchev–Trinajstić information content (AvgIpc) is 2.57. The number of hydrogen-bond donors (Lipinski definition) is 1. The maximum atomic E-state index is 12.1. The summed E-state index contributed by atoms with van der Waals surface area (Å²) >= 11 is 5.12. The van der Waals surface area contributed by atoms with Crippen LogP contribution in [0.25, 0.3) is 0 Å². The van der Waals surface area contributed by atoms with Crippen LogP contribution in [0.2, 0.25) is 0 Å². The van der Waals surface area contributed by atoms with Gasteiger partial charge in [0, 0.05) is 11.1 Å². The lowest BCUT2D eigenvalue weighted by Crippen LogP contribution is -2.44. The molecule has 1 N–H and O–H groups in total. The third kappa shape index (κ3) is 3.80. The van der Waals surface area contributed by atoms with Crippen LogP contribution in [-0.4, -0.2) is 26.0 Å². The first-order valence-corrected chi connectivity index (χ1v) is 9.80. The summed E-state index contributed by atoms with van der Waals surface area (Å²) in [6, 6.07) is 1.88. The number of hydrogen-bond acceptors (Lipinski definition) is 4. The minimum absolute atomic E-state index is 0.183. The smallest absolute Gasteiger partial charge is 0.154 e. The maximum absolute atomic E-state index is 12.1. The van der Waals surface area contributed by atoms with E-state index in [1.165, 1.54) is 6.26 Å². The van der Waals surface area contributed by atoms with Crippen molar-refractivity contribution in [1.29, 1.82) is 0 Å². The van der Waals surface area contributed by atoms with Gasteiger partial charge in [-0.25, -0.2) is 8.42 Å². The summed E-state index contributed by atoms with van der Waals surface area (Å²) in [6.45, 7) is 8.48. The molecule has 0 radical (unpaired) electrons. The van der Waals surface area contributed by atoms with Crippen molar-refractivity contribution in [2.75, 3.05) is 12.8 Å². The Morgan fingerprint density at radius 2 is 2.05 bits per heavy atom. The fourth-order valence-corrected chi connectivity index (χ4v) is 4.36. The van der Waals surface area contributed by atoms with Crippen LogP contribution in [0.5, 0.6) is 0 Å². The summed E-state index contributed by atoms with van der Waals surface area (Å²) in [5.41, 5.74) is 1.15. The van der Waals surface area contributed by atoms with Crippen molar-refractivity contribution < 1.29 is 8.42 Å². The van der Waals surface area contributed by atoms with Crippen LogP contribution in [0.1, 0.15) is 43.7 Å². The van der Waals surface area contributed by atoms with Gasteiger partial charge in [-0.2, -0.15) is 0 Å². The predicted octanol–water partition coefficient (Wildman–Crippen LogP) is 3.68. The first kappa shape index (κ1) is 17.1. The minimum Gasteiger partial charge on any atom is -0.308 e. The van der Waals surface area contributed by atoms with E-state index in [4.69, 9.17) is 0 Å². The molecule has 1 heterocycles. The standard InChI is InChI=1S/C13H22BrNO2S2/c1-6-7-15-11(13(3,4)19(5,16)17)10-8-9(2)12(14)18-10/h8,11,15H,6-7H2,1-5H3. The molecule has 0 bridgehead atoms. The van der Waals surface area contributed by atoms with Crippen LogP contribution in [0.3, 0.4) is 0 Å². The van der Waals surface area contributed by atoms with Crippen LogP contribution < -0.4 is 5.32 Å². The average molecular weight is 368 g/mol. The van der Waals surface area contributed by atoms with E-state index in [-0.39, 0.29) is 6.04 Å². The largest absolute Gasteiger partial charge is 0.308 e. The molecule has 1 rings (SSSR count). The van der Waals surface area contributed by atoms with Gasteiger partial charge in [0.15, 0.2) is 9.84 Å². The summed E-state index contributed by atoms with van der Waals surface area (Å²) in [5, 5.41) is 3.38. The molecule has 6 heteroatoms. The van der Waals surface area contributed by atoms with E-state index < -0.39 is 14.6 Å². The van der Waals surface area contributed by atoms with Gasteiger partial charge in [-0.3, -0.25) is 0 Å². The highest BCUT2D eigenvalue weighted by Gasteiger charge is 2.40. The van der Waals surface area contributed by atoms with E-state index in [0.717, 1.165) is 27.2 Å². The monoisotopic (exact) mass is 367 g/mol. The fraction of sp³-hybridized carbons (Fsp3) is 0.692. The quantitative estimate of drug-likeness (QED) is 0.833. The van der Waals surface area contributed by atoms with Crippen molar-refractivity contribution >= 4 is 37.1 Å². The molecule has 1 aromatic heterocycles. The van der Waals surface area contributed by atoms with Crippen molar-refractivity contribution in [3.63, 3.8) is 0 Å². The number of rotatable bonds is 6. The molecule has 19 heavy (non-hydrogen) atoms. The predicted molar refractivity (Wildman–Crippen MR) is 86.7 cm³/mol. The molecule has 0 amide bonds. The zero-order valence-electron chi connectivity index (χ0n) is 12.1. The van der Waals surface area contributed by atoms with Gasteiger partial charge in [0.2, 0.25) is 0 Å². The molecule has 0 spiro atoms. The van der Waals surface area contributed by atoms with Crippen LogP contribution >= 0.6 is 27.3 Å². The summed E-state index contributed by atoms with van der Waals surface area (Å²) in [5.74, 6) is 0. The van der Waals surface area contributed by atoms with Gasteiger partial charge in [-0.05, 0) is 61.3 Å². The van der Waals surface area contributed by atoms with Crippen LogP contribution in [-0.2, 0) is 9.84 Å². The minimum atomic E-state index is -3.15. The molecule has 3 nitrogen and oxygen atoms in total. The van der Waals surface area contributed by atoms with E-state index in [0.29, 0.717) is 0 Å². The van der Waals surface area contributed by atoms with Crippen molar-refractivity contribution in [2.45, 2.75) is 44.9 Å². The molecular weight excluding hydrogens is 346 g/mol. The third-order valence-electron chi connectivity index (χ3n) is 3.41. The van der Waals surface area contributed by atoms with E-state index in [2.05, 4.69) is 34.2 Å². The van der Waals surface area contributed by atoms with Gasteiger partial charge < -0.3 is 5.32 Å². The Hall–Kier alpha value is 0.0900.